The van der Waals surface area contributed by atoms with Gasteiger partial charge in [-0.15, -0.1) is 5.10 Å². The van der Waals surface area contributed by atoms with Gasteiger partial charge in [-0.05, 0) is 18.2 Å². The molecule has 0 aliphatic heterocycles. The highest BCUT2D eigenvalue weighted by atomic mass is 35.5. The number of nitrogens with zero attached hydrogens (tertiary/aromatic N) is 4. The minimum absolute atomic E-state index is 0.153. The molecule has 2 aromatic rings. The fraction of sp³-hybridized carbons (Fsp3) is 0.273. The van der Waals surface area contributed by atoms with Crippen LogP contribution in [-0.4, -0.2) is 41.0 Å². The van der Waals surface area contributed by atoms with Crippen molar-refractivity contribution in [2.75, 3.05) is 13.3 Å². The van der Waals surface area contributed by atoms with Gasteiger partial charge in [-0.1, -0.05) is 28.4 Å². The predicted molar refractivity (Wildman–Crippen MR) is 77.7 cm³/mol. The lowest BCUT2D eigenvalue weighted by molar-refractivity contribution is 0.467. The van der Waals surface area contributed by atoms with E-state index < -0.39 is 10.0 Å². The highest BCUT2D eigenvalue weighted by Crippen LogP contribution is 2.24. The van der Waals surface area contributed by atoms with Crippen LogP contribution in [0.4, 0.5) is 0 Å². The van der Waals surface area contributed by atoms with Crippen LogP contribution in [0.1, 0.15) is 5.69 Å². The number of benzene rings is 1. The van der Waals surface area contributed by atoms with E-state index >= 15 is 0 Å². The number of rotatable bonds is 4. The van der Waals surface area contributed by atoms with Crippen molar-refractivity contribution < 1.29 is 8.42 Å². The zero-order valence-electron chi connectivity index (χ0n) is 10.8. The van der Waals surface area contributed by atoms with Crippen LogP contribution in [0.5, 0.6) is 0 Å². The van der Waals surface area contributed by atoms with Crippen LogP contribution >= 0.6 is 23.2 Å². The second-order valence-corrected chi connectivity index (χ2v) is 7.18. The van der Waals surface area contributed by atoms with Crippen molar-refractivity contribution in [3.63, 3.8) is 0 Å². The average molecular weight is 335 g/mol. The first-order chi connectivity index (χ1) is 9.27. The van der Waals surface area contributed by atoms with Gasteiger partial charge in [0.2, 0.25) is 10.0 Å². The molecule has 0 bridgehead atoms. The maximum atomic E-state index is 11.3. The molecule has 1 aromatic carbocycles. The quantitative estimate of drug-likeness (QED) is 0.857. The third kappa shape index (κ3) is 3.49. The fourth-order valence-electron chi connectivity index (χ4n) is 1.47. The molecule has 20 heavy (non-hydrogen) atoms. The van der Waals surface area contributed by atoms with Crippen LogP contribution in [-0.2, 0) is 16.6 Å². The standard InChI is InChI=1S/C11H12Cl2N4O2S/c1-16(20(2,18)19)6-8-7-17(15-14-8)9-3-4-10(12)11(13)5-9/h3-5,7H,6H2,1-2H3. The van der Waals surface area contributed by atoms with Crippen molar-refractivity contribution in [3.05, 3.63) is 40.1 Å². The molecule has 0 amide bonds. The second-order valence-electron chi connectivity index (χ2n) is 4.27. The molecule has 1 aromatic heterocycles. The third-order valence-corrected chi connectivity index (χ3v) is 4.66. The molecule has 0 radical (unpaired) electrons. The SMILES string of the molecule is CN(Cc1cn(-c2ccc(Cl)c(Cl)c2)nn1)S(C)(=O)=O. The van der Waals surface area contributed by atoms with Crippen LogP contribution in [0.15, 0.2) is 24.4 Å². The molecule has 0 aliphatic carbocycles. The highest BCUT2D eigenvalue weighted by Gasteiger charge is 2.14. The van der Waals surface area contributed by atoms with E-state index in [0.717, 1.165) is 6.26 Å². The van der Waals surface area contributed by atoms with Gasteiger partial charge in [0.15, 0.2) is 0 Å². The molecule has 9 heteroatoms. The van der Waals surface area contributed by atoms with Gasteiger partial charge in [-0.2, -0.15) is 4.31 Å². The number of sulfonamides is 1. The summed E-state index contributed by atoms with van der Waals surface area (Å²) in [6, 6.07) is 5.05. The Morgan fingerprint density at radius 1 is 1.30 bits per heavy atom. The smallest absolute Gasteiger partial charge is 0.211 e. The summed E-state index contributed by atoms with van der Waals surface area (Å²) in [7, 11) is -1.77. The highest BCUT2D eigenvalue weighted by molar-refractivity contribution is 7.88. The molecule has 0 N–H and O–H groups in total. The van der Waals surface area contributed by atoms with Gasteiger partial charge in [0, 0.05) is 7.05 Å². The van der Waals surface area contributed by atoms with Crippen LogP contribution in [0.25, 0.3) is 5.69 Å². The molecule has 0 unspecified atom stereocenters. The lowest BCUT2D eigenvalue weighted by Gasteiger charge is -2.11. The normalized spacial score (nSPS) is 12.1. The molecule has 108 valence electrons. The van der Waals surface area contributed by atoms with E-state index in [4.69, 9.17) is 23.2 Å². The molecule has 0 saturated heterocycles. The summed E-state index contributed by atoms with van der Waals surface area (Å²) in [5.41, 5.74) is 1.23. The topological polar surface area (TPSA) is 68.1 Å². The van der Waals surface area contributed by atoms with Crippen molar-refractivity contribution >= 4 is 33.2 Å². The second kappa shape index (κ2) is 5.69. The Labute approximate surface area is 127 Å². The lowest BCUT2D eigenvalue weighted by atomic mass is 10.3. The van der Waals surface area contributed by atoms with Crippen LogP contribution in [0.2, 0.25) is 10.0 Å². The number of hydrogen-bond donors (Lipinski definition) is 0. The van der Waals surface area contributed by atoms with Crippen molar-refractivity contribution in [1.29, 1.82) is 0 Å². The lowest BCUT2D eigenvalue weighted by Crippen LogP contribution is -2.25. The largest absolute Gasteiger partial charge is 0.220 e. The Morgan fingerprint density at radius 2 is 2.00 bits per heavy atom. The van der Waals surface area contributed by atoms with Gasteiger partial charge >= 0.3 is 0 Å². The summed E-state index contributed by atoms with van der Waals surface area (Å²) in [6.45, 7) is 0.153. The van der Waals surface area contributed by atoms with E-state index in [0.29, 0.717) is 21.4 Å². The summed E-state index contributed by atoms with van der Waals surface area (Å²) < 4.78 is 25.4. The fourth-order valence-corrected chi connectivity index (χ4v) is 2.13. The van der Waals surface area contributed by atoms with Crippen molar-refractivity contribution in [2.45, 2.75) is 6.54 Å². The van der Waals surface area contributed by atoms with Crippen LogP contribution in [0.3, 0.4) is 0 Å². The molecule has 0 atom stereocenters. The number of hydrogen-bond acceptors (Lipinski definition) is 4. The minimum atomic E-state index is -3.25. The number of aromatic nitrogens is 3. The summed E-state index contributed by atoms with van der Waals surface area (Å²) in [5, 5.41) is 8.73. The van der Waals surface area contributed by atoms with Gasteiger partial charge in [0.05, 0.1) is 40.4 Å². The summed E-state index contributed by atoms with van der Waals surface area (Å²) >= 11 is 11.8. The van der Waals surface area contributed by atoms with Gasteiger partial charge in [0.25, 0.3) is 0 Å². The maximum Gasteiger partial charge on any atom is 0.211 e. The molecule has 6 nitrogen and oxygen atoms in total. The van der Waals surface area contributed by atoms with Crippen molar-refractivity contribution in [2.24, 2.45) is 0 Å². The first kappa shape index (κ1) is 15.2. The molecule has 0 aliphatic rings. The Balaban J connectivity index is 2.22. The molecule has 2 rings (SSSR count). The maximum absolute atomic E-state index is 11.3. The molecular formula is C11H12Cl2N4O2S. The van der Waals surface area contributed by atoms with E-state index in [-0.39, 0.29) is 6.54 Å². The van der Waals surface area contributed by atoms with E-state index in [1.807, 2.05) is 0 Å². The molecule has 0 saturated carbocycles. The Bertz CT molecular complexity index is 730. The van der Waals surface area contributed by atoms with Gasteiger partial charge in [-0.3, -0.25) is 0 Å². The minimum Gasteiger partial charge on any atom is -0.220 e. The third-order valence-electron chi connectivity index (χ3n) is 2.66. The number of halogens is 2. The van der Waals surface area contributed by atoms with E-state index in [1.54, 1.807) is 24.4 Å². The van der Waals surface area contributed by atoms with Crippen molar-refractivity contribution in [1.82, 2.24) is 19.3 Å². The predicted octanol–water partition coefficient (Wildman–Crippen LogP) is 1.97. The first-order valence-corrected chi connectivity index (χ1v) is 8.16. The van der Waals surface area contributed by atoms with Gasteiger partial charge in [-0.25, -0.2) is 13.1 Å². The van der Waals surface area contributed by atoms with Gasteiger partial charge in [0.1, 0.15) is 0 Å². The molecule has 1 heterocycles. The molecular weight excluding hydrogens is 323 g/mol. The average Bonchev–Trinajstić information content (AvgIpc) is 2.80. The zero-order valence-corrected chi connectivity index (χ0v) is 13.1. The van der Waals surface area contributed by atoms with E-state index in [9.17, 15) is 8.42 Å². The summed E-state index contributed by atoms with van der Waals surface area (Å²) in [6.07, 6.45) is 2.78. The Kier molecular flexibility index (Phi) is 4.33. The molecule has 0 spiro atoms. The van der Waals surface area contributed by atoms with Crippen LogP contribution in [0, 0.1) is 0 Å². The summed E-state index contributed by atoms with van der Waals surface area (Å²) in [4.78, 5) is 0. The van der Waals surface area contributed by atoms with Gasteiger partial charge < -0.3 is 0 Å². The zero-order chi connectivity index (χ0) is 14.9. The summed E-state index contributed by atoms with van der Waals surface area (Å²) in [5.74, 6) is 0. The van der Waals surface area contributed by atoms with Crippen LogP contribution < -0.4 is 0 Å². The molecule has 0 fully saturated rings. The monoisotopic (exact) mass is 334 g/mol. The van der Waals surface area contributed by atoms with E-state index in [1.165, 1.54) is 16.0 Å². The Hall–Kier alpha value is -1.15. The Morgan fingerprint density at radius 3 is 2.60 bits per heavy atom. The van der Waals surface area contributed by atoms with Crippen molar-refractivity contribution in [3.8, 4) is 5.69 Å². The first-order valence-electron chi connectivity index (χ1n) is 5.55. The van der Waals surface area contributed by atoms with E-state index in [2.05, 4.69) is 10.3 Å².